The summed E-state index contributed by atoms with van der Waals surface area (Å²) in [4.78, 5) is 0. The van der Waals surface area contributed by atoms with Crippen LogP contribution < -0.4 is 20.5 Å². The van der Waals surface area contributed by atoms with Crippen LogP contribution in [0.25, 0.3) is 0 Å². The average molecular weight is 240 g/mol. The third kappa shape index (κ3) is 3.89. The molecule has 2 atom stereocenters. The number of nitrogens with two attached hydrogens (primary N) is 1. The first kappa shape index (κ1) is 13.8. The molecule has 0 amide bonds. The molecule has 0 saturated carbocycles. The van der Waals surface area contributed by atoms with E-state index in [0.29, 0.717) is 18.0 Å². The lowest BCUT2D eigenvalue weighted by Crippen LogP contribution is -2.38. The van der Waals surface area contributed by atoms with E-state index in [1.54, 1.807) is 14.2 Å². The van der Waals surface area contributed by atoms with Gasteiger partial charge >= 0.3 is 0 Å². The van der Waals surface area contributed by atoms with E-state index in [1.807, 2.05) is 25.1 Å². The number of ether oxygens (including phenoxy) is 2. The Hall–Kier alpha value is -1.30. The molecule has 0 aliphatic heterocycles. The van der Waals surface area contributed by atoms with Crippen LogP contribution in [0.5, 0.6) is 11.5 Å². The third-order valence-electron chi connectivity index (χ3n) is 2.61. The van der Waals surface area contributed by atoms with E-state index < -0.39 is 6.35 Å². The van der Waals surface area contributed by atoms with Crippen LogP contribution in [0.4, 0.5) is 0 Å². The lowest BCUT2D eigenvalue weighted by Gasteiger charge is -2.16. The molecule has 17 heavy (non-hydrogen) atoms. The fourth-order valence-electron chi connectivity index (χ4n) is 1.57. The highest BCUT2D eigenvalue weighted by Crippen LogP contribution is 2.30. The number of rotatable bonds is 6. The van der Waals surface area contributed by atoms with Crippen LogP contribution in [0.15, 0.2) is 18.2 Å². The number of methoxy groups -OCH3 is 2. The predicted octanol–water partition coefficient (Wildman–Crippen LogP) is 0.631. The van der Waals surface area contributed by atoms with Crippen molar-refractivity contribution in [3.8, 4) is 11.5 Å². The molecule has 0 heterocycles. The molecule has 1 aromatic rings. The second-order valence-corrected chi connectivity index (χ2v) is 3.87. The summed E-state index contributed by atoms with van der Waals surface area (Å²) in [6.45, 7) is 2.63. The maximum atomic E-state index is 8.95. The van der Waals surface area contributed by atoms with Crippen LogP contribution >= 0.6 is 0 Å². The first-order valence-corrected chi connectivity index (χ1v) is 5.47. The number of benzene rings is 1. The number of aliphatic hydroxyl groups is 1. The van der Waals surface area contributed by atoms with Crippen molar-refractivity contribution in [1.82, 2.24) is 5.32 Å². The Labute approximate surface area is 102 Å². The molecule has 0 aromatic heterocycles. The van der Waals surface area contributed by atoms with Crippen LogP contribution in [-0.4, -0.2) is 32.2 Å². The minimum atomic E-state index is -0.988. The van der Waals surface area contributed by atoms with Gasteiger partial charge in [0.15, 0.2) is 17.9 Å². The standard InChI is InChI=1S/C12H20N2O3/c1-8(7-14-12(13)15)9-4-5-10(16-2)11(6-9)17-3/h4-6,8,12,14-15H,7,13H2,1-3H3. The van der Waals surface area contributed by atoms with E-state index >= 15 is 0 Å². The maximum Gasteiger partial charge on any atom is 0.160 e. The Morgan fingerprint density at radius 3 is 2.47 bits per heavy atom. The van der Waals surface area contributed by atoms with Gasteiger partial charge in [-0.1, -0.05) is 13.0 Å². The van der Waals surface area contributed by atoms with Crippen molar-refractivity contribution in [3.05, 3.63) is 23.8 Å². The zero-order valence-electron chi connectivity index (χ0n) is 10.4. The monoisotopic (exact) mass is 240 g/mol. The summed E-state index contributed by atoms with van der Waals surface area (Å²) < 4.78 is 10.4. The minimum Gasteiger partial charge on any atom is -0.493 e. The summed E-state index contributed by atoms with van der Waals surface area (Å²) in [6, 6.07) is 5.76. The zero-order chi connectivity index (χ0) is 12.8. The third-order valence-corrected chi connectivity index (χ3v) is 2.61. The summed E-state index contributed by atoms with van der Waals surface area (Å²) in [6.07, 6.45) is -0.988. The molecule has 2 unspecified atom stereocenters. The second-order valence-electron chi connectivity index (χ2n) is 3.87. The summed E-state index contributed by atoms with van der Waals surface area (Å²) in [5.74, 6) is 1.62. The van der Waals surface area contributed by atoms with Gasteiger partial charge in [-0.05, 0) is 23.6 Å². The quantitative estimate of drug-likeness (QED) is 0.636. The molecular formula is C12H20N2O3. The van der Waals surface area contributed by atoms with Crippen molar-refractivity contribution >= 4 is 0 Å². The van der Waals surface area contributed by atoms with Gasteiger partial charge in [0, 0.05) is 6.54 Å². The van der Waals surface area contributed by atoms with Gasteiger partial charge in [0.2, 0.25) is 0 Å². The molecular weight excluding hydrogens is 220 g/mol. The van der Waals surface area contributed by atoms with E-state index in [0.717, 1.165) is 5.56 Å². The number of nitrogens with one attached hydrogen (secondary N) is 1. The molecule has 5 nitrogen and oxygen atoms in total. The molecule has 0 saturated heterocycles. The zero-order valence-corrected chi connectivity index (χ0v) is 10.4. The first-order chi connectivity index (χ1) is 8.08. The SMILES string of the molecule is COc1ccc(C(C)CNC(N)O)cc1OC. The summed E-state index contributed by atoms with van der Waals surface area (Å²) in [5, 5.41) is 11.7. The first-order valence-electron chi connectivity index (χ1n) is 5.47. The topological polar surface area (TPSA) is 76.7 Å². The van der Waals surface area contributed by atoms with Gasteiger partial charge in [-0.25, -0.2) is 0 Å². The Balaban J connectivity index is 2.77. The molecule has 0 aliphatic carbocycles. The van der Waals surface area contributed by atoms with Gasteiger partial charge in [-0.2, -0.15) is 0 Å². The summed E-state index contributed by atoms with van der Waals surface area (Å²) >= 11 is 0. The molecule has 5 heteroatoms. The highest BCUT2D eigenvalue weighted by atomic mass is 16.5. The van der Waals surface area contributed by atoms with Crippen molar-refractivity contribution in [2.24, 2.45) is 5.73 Å². The van der Waals surface area contributed by atoms with Crippen molar-refractivity contribution in [1.29, 1.82) is 0 Å². The number of hydrogen-bond acceptors (Lipinski definition) is 5. The van der Waals surface area contributed by atoms with Crippen molar-refractivity contribution in [2.45, 2.75) is 19.2 Å². The van der Waals surface area contributed by atoms with E-state index in [-0.39, 0.29) is 5.92 Å². The highest BCUT2D eigenvalue weighted by molar-refractivity contribution is 5.43. The molecule has 0 aliphatic rings. The van der Waals surface area contributed by atoms with Gasteiger partial charge in [-0.15, -0.1) is 0 Å². The molecule has 0 bridgehead atoms. The fraction of sp³-hybridized carbons (Fsp3) is 0.500. The Kier molecular flexibility index (Phi) is 5.21. The fourth-order valence-corrected chi connectivity index (χ4v) is 1.57. The van der Waals surface area contributed by atoms with Crippen LogP contribution in [0.2, 0.25) is 0 Å². The second kappa shape index (κ2) is 6.44. The van der Waals surface area contributed by atoms with Gasteiger partial charge in [0.1, 0.15) is 0 Å². The normalized spacial score (nSPS) is 14.2. The molecule has 1 aromatic carbocycles. The highest BCUT2D eigenvalue weighted by Gasteiger charge is 2.10. The van der Waals surface area contributed by atoms with Crippen LogP contribution in [0.3, 0.4) is 0 Å². The lowest BCUT2D eigenvalue weighted by molar-refractivity contribution is 0.143. The van der Waals surface area contributed by atoms with Crippen molar-refractivity contribution < 1.29 is 14.6 Å². The Morgan fingerprint density at radius 1 is 1.29 bits per heavy atom. The van der Waals surface area contributed by atoms with Gasteiger partial charge in [0.25, 0.3) is 0 Å². The minimum absolute atomic E-state index is 0.216. The maximum absolute atomic E-state index is 8.95. The van der Waals surface area contributed by atoms with Crippen molar-refractivity contribution in [3.63, 3.8) is 0 Å². The molecule has 0 fully saturated rings. The van der Waals surface area contributed by atoms with Crippen LogP contribution in [0, 0.1) is 0 Å². The van der Waals surface area contributed by atoms with Crippen LogP contribution in [-0.2, 0) is 0 Å². The number of hydrogen-bond donors (Lipinski definition) is 3. The van der Waals surface area contributed by atoms with E-state index in [9.17, 15) is 0 Å². The average Bonchev–Trinajstić information content (AvgIpc) is 2.34. The largest absolute Gasteiger partial charge is 0.493 e. The van der Waals surface area contributed by atoms with E-state index in [4.69, 9.17) is 20.3 Å². The van der Waals surface area contributed by atoms with E-state index in [1.165, 1.54) is 0 Å². The summed E-state index contributed by atoms with van der Waals surface area (Å²) in [5.41, 5.74) is 6.31. The van der Waals surface area contributed by atoms with E-state index in [2.05, 4.69) is 5.32 Å². The van der Waals surface area contributed by atoms with Gasteiger partial charge in [0.05, 0.1) is 14.2 Å². The Bertz CT molecular complexity index is 356. The molecule has 0 radical (unpaired) electrons. The summed E-state index contributed by atoms with van der Waals surface area (Å²) in [7, 11) is 3.21. The Morgan fingerprint density at radius 2 is 1.94 bits per heavy atom. The molecule has 4 N–H and O–H groups in total. The molecule has 1 rings (SSSR count). The predicted molar refractivity (Wildman–Crippen MR) is 66.2 cm³/mol. The van der Waals surface area contributed by atoms with Gasteiger partial charge in [-0.3, -0.25) is 11.1 Å². The van der Waals surface area contributed by atoms with Crippen molar-refractivity contribution in [2.75, 3.05) is 20.8 Å². The van der Waals surface area contributed by atoms with Gasteiger partial charge < -0.3 is 14.6 Å². The van der Waals surface area contributed by atoms with Crippen LogP contribution in [0.1, 0.15) is 18.4 Å². The smallest absolute Gasteiger partial charge is 0.160 e. The lowest BCUT2D eigenvalue weighted by atomic mass is 10.0. The number of aliphatic hydroxyl groups excluding tert-OH is 1. The molecule has 96 valence electrons. The molecule has 0 spiro atoms.